The summed E-state index contributed by atoms with van der Waals surface area (Å²) in [5, 5.41) is 10.1. The van der Waals surface area contributed by atoms with Crippen LogP contribution in [0.4, 0.5) is 0 Å². The number of rotatable bonds is 1. The van der Waals surface area contributed by atoms with Gasteiger partial charge in [-0.25, -0.2) is 0 Å². The smallest absolute Gasteiger partial charge is 0.141 e. The van der Waals surface area contributed by atoms with Gasteiger partial charge in [-0.1, -0.05) is 19.3 Å². The molecular formula is C12H22O2. The molecule has 2 heteroatoms. The SMILES string of the molecule is CC(C)(O)[C@]1(C)CCCCCCC1=O. The number of hydrogen-bond acceptors (Lipinski definition) is 2. The summed E-state index contributed by atoms with van der Waals surface area (Å²) in [7, 11) is 0. The van der Waals surface area contributed by atoms with E-state index in [1.165, 1.54) is 6.42 Å². The van der Waals surface area contributed by atoms with E-state index >= 15 is 0 Å². The molecule has 0 bridgehead atoms. The number of aliphatic hydroxyl groups is 1. The van der Waals surface area contributed by atoms with Gasteiger partial charge in [0.1, 0.15) is 5.78 Å². The minimum Gasteiger partial charge on any atom is -0.389 e. The Hall–Kier alpha value is -0.370. The van der Waals surface area contributed by atoms with Crippen LogP contribution in [0.15, 0.2) is 0 Å². The molecule has 0 radical (unpaired) electrons. The molecule has 1 aliphatic carbocycles. The van der Waals surface area contributed by atoms with E-state index in [9.17, 15) is 9.90 Å². The van der Waals surface area contributed by atoms with Crippen molar-refractivity contribution >= 4 is 5.78 Å². The zero-order valence-corrected chi connectivity index (χ0v) is 9.60. The van der Waals surface area contributed by atoms with E-state index in [0.717, 1.165) is 25.7 Å². The number of Topliss-reactive ketones (excluding diaryl/α,β-unsaturated/α-hetero) is 1. The minimum atomic E-state index is -0.887. The predicted octanol–water partition coefficient (Wildman–Crippen LogP) is 2.69. The Balaban J connectivity index is 2.85. The van der Waals surface area contributed by atoms with Crippen molar-refractivity contribution in [3.63, 3.8) is 0 Å². The topological polar surface area (TPSA) is 37.3 Å². The molecule has 0 aromatic rings. The van der Waals surface area contributed by atoms with Crippen LogP contribution in [0.2, 0.25) is 0 Å². The molecule has 0 aromatic heterocycles. The van der Waals surface area contributed by atoms with Crippen molar-refractivity contribution in [1.82, 2.24) is 0 Å². The molecule has 0 spiro atoms. The molecular weight excluding hydrogens is 176 g/mol. The number of carbonyl (C=O) groups excluding carboxylic acids is 1. The van der Waals surface area contributed by atoms with Crippen molar-refractivity contribution < 1.29 is 9.90 Å². The van der Waals surface area contributed by atoms with Crippen molar-refractivity contribution in [3.8, 4) is 0 Å². The molecule has 0 heterocycles. The van der Waals surface area contributed by atoms with Crippen molar-refractivity contribution in [1.29, 1.82) is 0 Å². The lowest BCUT2D eigenvalue weighted by atomic mass is 9.67. The fourth-order valence-corrected chi connectivity index (χ4v) is 2.18. The molecule has 0 saturated heterocycles. The normalized spacial score (nSPS) is 31.0. The fraction of sp³-hybridized carbons (Fsp3) is 0.917. The summed E-state index contributed by atoms with van der Waals surface area (Å²) in [6.45, 7) is 5.43. The first kappa shape index (κ1) is 11.7. The summed E-state index contributed by atoms with van der Waals surface area (Å²) in [5.41, 5.74) is -1.42. The maximum Gasteiger partial charge on any atom is 0.141 e. The maximum atomic E-state index is 12.0. The summed E-state index contributed by atoms with van der Waals surface area (Å²) in [4.78, 5) is 12.0. The lowest BCUT2D eigenvalue weighted by Crippen LogP contribution is -2.47. The van der Waals surface area contributed by atoms with Crippen LogP contribution in [0.1, 0.15) is 59.3 Å². The highest BCUT2D eigenvalue weighted by Gasteiger charge is 2.44. The molecule has 0 amide bonds. The van der Waals surface area contributed by atoms with E-state index in [1.807, 2.05) is 6.92 Å². The monoisotopic (exact) mass is 198 g/mol. The van der Waals surface area contributed by atoms with Crippen LogP contribution in [-0.2, 0) is 4.79 Å². The third kappa shape index (κ3) is 2.17. The zero-order chi connectivity index (χ0) is 10.8. The van der Waals surface area contributed by atoms with E-state index in [2.05, 4.69) is 0 Å². The Morgan fingerprint density at radius 1 is 1.21 bits per heavy atom. The van der Waals surface area contributed by atoms with Gasteiger partial charge in [-0.15, -0.1) is 0 Å². The average molecular weight is 198 g/mol. The summed E-state index contributed by atoms with van der Waals surface area (Å²) < 4.78 is 0. The third-order valence-electron chi connectivity index (χ3n) is 3.80. The molecule has 1 rings (SSSR count). The number of hydrogen-bond donors (Lipinski definition) is 1. The zero-order valence-electron chi connectivity index (χ0n) is 9.60. The van der Waals surface area contributed by atoms with Crippen molar-refractivity contribution in [2.24, 2.45) is 5.41 Å². The average Bonchev–Trinajstić information content (AvgIpc) is 2.05. The van der Waals surface area contributed by atoms with Crippen molar-refractivity contribution in [2.45, 2.75) is 64.9 Å². The van der Waals surface area contributed by atoms with E-state index < -0.39 is 11.0 Å². The van der Waals surface area contributed by atoms with E-state index in [4.69, 9.17) is 0 Å². The molecule has 14 heavy (non-hydrogen) atoms. The van der Waals surface area contributed by atoms with Gasteiger partial charge in [-0.3, -0.25) is 4.79 Å². The Morgan fingerprint density at radius 2 is 1.79 bits per heavy atom. The van der Waals surface area contributed by atoms with Gasteiger partial charge >= 0.3 is 0 Å². The van der Waals surface area contributed by atoms with Gasteiger partial charge < -0.3 is 5.11 Å². The number of carbonyl (C=O) groups is 1. The second-order valence-electron chi connectivity index (χ2n) is 5.23. The summed E-state index contributed by atoms with van der Waals surface area (Å²) >= 11 is 0. The van der Waals surface area contributed by atoms with E-state index in [0.29, 0.717) is 6.42 Å². The summed E-state index contributed by atoms with van der Waals surface area (Å²) in [6.07, 6.45) is 5.87. The quantitative estimate of drug-likeness (QED) is 0.703. The number of ketones is 1. The van der Waals surface area contributed by atoms with E-state index in [1.54, 1.807) is 13.8 Å². The predicted molar refractivity (Wildman–Crippen MR) is 57.1 cm³/mol. The molecule has 1 aliphatic rings. The van der Waals surface area contributed by atoms with Crippen LogP contribution in [0.5, 0.6) is 0 Å². The molecule has 82 valence electrons. The molecule has 0 unspecified atom stereocenters. The van der Waals surface area contributed by atoms with E-state index in [-0.39, 0.29) is 5.78 Å². The van der Waals surface area contributed by atoms with Crippen LogP contribution < -0.4 is 0 Å². The van der Waals surface area contributed by atoms with Crippen LogP contribution in [0.25, 0.3) is 0 Å². The van der Waals surface area contributed by atoms with Gasteiger partial charge in [0.15, 0.2) is 0 Å². The van der Waals surface area contributed by atoms with Crippen LogP contribution >= 0.6 is 0 Å². The highest BCUT2D eigenvalue weighted by atomic mass is 16.3. The summed E-state index contributed by atoms with van der Waals surface area (Å²) in [6, 6.07) is 0. The molecule has 1 N–H and O–H groups in total. The largest absolute Gasteiger partial charge is 0.389 e. The molecule has 1 fully saturated rings. The fourth-order valence-electron chi connectivity index (χ4n) is 2.18. The molecule has 1 saturated carbocycles. The van der Waals surface area contributed by atoms with Crippen LogP contribution in [0, 0.1) is 5.41 Å². The first-order valence-corrected chi connectivity index (χ1v) is 5.63. The second-order valence-corrected chi connectivity index (χ2v) is 5.23. The van der Waals surface area contributed by atoms with Gasteiger partial charge in [0.05, 0.1) is 11.0 Å². The van der Waals surface area contributed by atoms with Crippen molar-refractivity contribution in [2.75, 3.05) is 0 Å². The van der Waals surface area contributed by atoms with Gasteiger partial charge in [-0.2, -0.15) is 0 Å². The van der Waals surface area contributed by atoms with Gasteiger partial charge in [0.2, 0.25) is 0 Å². The lowest BCUT2D eigenvalue weighted by molar-refractivity contribution is -0.144. The molecule has 2 nitrogen and oxygen atoms in total. The Bertz CT molecular complexity index is 215. The molecule has 0 aromatic carbocycles. The van der Waals surface area contributed by atoms with Gasteiger partial charge in [0.25, 0.3) is 0 Å². The lowest BCUT2D eigenvalue weighted by Gasteiger charge is -2.40. The first-order valence-electron chi connectivity index (χ1n) is 5.63. The Labute approximate surface area is 86.7 Å². The maximum absolute atomic E-state index is 12.0. The third-order valence-corrected chi connectivity index (χ3v) is 3.80. The second kappa shape index (κ2) is 4.01. The Morgan fingerprint density at radius 3 is 2.36 bits per heavy atom. The Kier molecular flexibility index (Phi) is 3.36. The van der Waals surface area contributed by atoms with Crippen molar-refractivity contribution in [3.05, 3.63) is 0 Å². The molecule has 0 aliphatic heterocycles. The highest BCUT2D eigenvalue weighted by molar-refractivity contribution is 5.85. The van der Waals surface area contributed by atoms with Gasteiger partial charge in [0, 0.05) is 6.42 Å². The van der Waals surface area contributed by atoms with Gasteiger partial charge in [-0.05, 0) is 33.6 Å². The van der Waals surface area contributed by atoms with Crippen LogP contribution in [-0.4, -0.2) is 16.5 Å². The molecule has 1 atom stereocenters. The standard InChI is InChI=1S/C12H22O2/c1-11(2,14)12(3)9-7-5-4-6-8-10(12)13/h14H,4-9H2,1-3H3/t12-/m1/s1. The minimum absolute atomic E-state index is 0.240. The first-order chi connectivity index (χ1) is 6.38. The summed E-state index contributed by atoms with van der Waals surface area (Å²) in [5.74, 6) is 0.240. The highest BCUT2D eigenvalue weighted by Crippen LogP contribution is 2.40. The van der Waals surface area contributed by atoms with Crippen LogP contribution in [0.3, 0.4) is 0 Å².